The van der Waals surface area contributed by atoms with Crippen molar-refractivity contribution in [3.05, 3.63) is 0 Å². The molecular weight excluding hydrogens is 656 g/mol. The predicted molar refractivity (Wildman–Crippen MR) is 149 cm³/mol. The van der Waals surface area contributed by atoms with Gasteiger partial charge in [-0.2, -0.15) is 0 Å². The van der Waals surface area contributed by atoms with Crippen LogP contribution in [0.2, 0.25) is 0 Å². The summed E-state index contributed by atoms with van der Waals surface area (Å²) in [6.45, 7) is 5.57. The zero-order valence-corrected chi connectivity index (χ0v) is 26.2. The zero-order valence-electron chi connectivity index (χ0n) is 19.1. The van der Waals surface area contributed by atoms with Crippen molar-refractivity contribution in [1.82, 2.24) is 9.80 Å². The van der Waals surface area contributed by atoms with Gasteiger partial charge in [-0.3, -0.25) is 0 Å². The van der Waals surface area contributed by atoms with Gasteiger partial charge in [-0.05, 0) is 77.5 Å². The molecule has 0 aromatic rings. The van der Waals surface area contributed by atoms with Gasteiger partial charge < -0.3 is 71.0 Å². The average Bonchev–Trinajstić information content (AvgIpc) is 3.08. The van der Waals surface area contributed by atoms with Crippen molar-refractivity contribution in [2.24, 2.45) is 11.5 Å². The molecule has 2 atom stereocenters. The van der Waals surface area contributed by atoms with E-state index in [4.69, 9.17) is 0 Å². The first kappa shape index (κ1) is 32.1. The summed E-state index contributed by atoms with van der Waals surface area (Å²) in [6, 6.07) is 1.96. The molecule has 4 nitrogen and oxygen atoms in total. The molecule has 4 aliphatic rings. The zero-order chi connectivity index (χ0) is 22.2. The summed E-state index contributed by atoms with van der Waals surface area (Å²) in [5.74, 6) is 0. The van der Waals surface area contributed by atoms with Gasteiger partial charge in [0.1, 0.15) is 0 Å². The van der Waals surface area contributed by atoms with Gasteiger partial charge in [0, 0.05) is 12.1 Å². The summed E-state index contributed by atoms with van der Waals surface area (Å²) in [4.78, 5) is 5.47. The topological polar surface area (TPSA) is 58.5 Å². The molecule has 0 spiro atoms. The van der Waals surface area contributed by atoms with Crippen LogP contribution in [0.25, 0.3) is 0 Å². The number of nitrogens with zero attached hydrogens (tertiary/aromatic N) is 2. The Kier molecular flexibility index (Phi) is 21.1. The van der Waals surface area contributed by atoms with Crippen molar-refractivity contribution < 1.29 is 0 Å². The monoisotopic (exact) mass is 698 g/mol. The summed E-state index contributed by atoms with van der Waals surface area (Å²) in [5, 5.41) is 0. The van der Waals surface area contributed by atoms with Crippen LogP contribution in [-0.4, -0.2) is 84.0 Å². The second-order valence-electron chi connectivity index (χ2n) is 8.71. The van der Waals surface area contributed by atoms with Crippen LogP contribution in [0.3, 0.4) is 0 Å². The standard InChI is InChI=1S/2C10H19N.2CH3NS2.Pb/c2*1-2-6-10-7-3-5-9-11(10)8-4-1;2*2-1(3)4;/h2*10H,1-9H2;2*(H3,2,3,4);/q;;;;+2/p-2. The van der Waals surface area contributed by atoms with Crippen molar-refractivity contribution in [2.45, 2.75) is 102 Å². The van der Waals surface area contributed by atoms with E-state index in [1.807, 2.05) is 0 Å². The normalized spacial score (nSPS) is 25.9. The van der Waals surface area contributed by atoms with Gasteiger partial charge in [0.05, 0.1) is 0 Å². The quantitative estimate of drug-likeness (QED) is 0.224. The Morgan fingerprint density at radius 2 is 0.774 bits per heavy atom. The van der Waals surface area contributed by atoms with Gasteiger partial charge in [-0.25, -0.2) is 0 Å². The molecule has 0 saturated carbocycles. The maximum absolute atomic E-state index is 4.66. The smallest absolute Gasteiger partial charge is 0.415 e. The van der Waals surface area contributed by atoms with Gasteiger partial charge in [-0.15, -0.1) is 0 Å². The number of hydrogen-bond acceptors (Lipinski definition) is 6. The first-order chi connectivity index (χ1) is 14.4. The van der Waals surface area contributed by atoms with Gasteiger partial charge in [0.25, 0.3) is 0 Å². The Hall–Kier alpha value is 1.06. The van der Waals surface area contributed by atoms with E-state index in [2.05, 4.69) is 71.0 Å². The van der Waals surface area contributed by atoms with Crippen molar-refractivity contribution in [2.75, 3.05) is 26.2 Å². The minimum atomic E-state index is 0. The summed E-state index contributed by atoms with van der Waals surface area (Å²) in [6.07, 6.45) is 20.7. The van der Waals surface area contributed by atoms with E-state index in [9.17, 15) is 0 Å². The molecule has 4 heterocycles. The Bertz CT molecular complexity index is 406. The third kappa shape index (κ3) is 17.2. The maximum Gasteiger partial charge on any atom is 2.00 e. The van der Waals surface area contributed by atoms with Crippen LogP contribution >= 0.6 is 24.4 Å². The molecule has 178 valence electrons. The van der Waals surface area contributed by atoms with Gasteiger partial charge >= 0.3 is 27.3 Å². The molecule has 4 saturated heterocycles. The van der Waals surface area contributed by atoms with Crippen LogP contribution in [0.5, 0.6) is 0 Å². The average molecular weight is 698 g/mol. The number of rotatable bonds is 0. The Morgan fingerprint density at radius 1 is 0.548 bits per heavy atom. The van der Waals surface area contributed by atoms with E-state index in [1.54, 1.807) is 0 Å². The second-order valence-corrected chi connectivity index (χ2v) is 11.0. The predicted octanol–water partition coefficient (Wildman–Crippen LogP) is 4.00. The molecular formula is C22H42N4PbS4. The van der Waals surface area contributed by atoms with Gasteiger partial charge in [0.15, 0.2) is 0 Å². The summed E-state index contributed by atoms with van der Waals surface area (Å²) in [7, 11) is 0. The number of piperidine rings is 2. The number of hydrogen-bond donors (Lipinski definition) is 2. The molecule has 2 unspecified atom stereocenters. The molecule has 9 heteroatoms. The van der Waals surface area contributed by atoms with Crippen LogP contribution in [0.1, 0.15) is 89.9 Å². The first-order valence-corrected chi connectivity index (χ1v) is 13.4. The van der Waals surface area contributed by atoms with Crippen LogP contribution in [0.4, 0.5) is 0 Å². The minimum absolute atomic E-state index is 0. The van der Waals surface area contributed by atoms with Crippen molar-refractivity contribution in [1.29, 1.82) is 0 Å². The molecule has 0 bridgehead atoms. The molecule has 31 heavy (non-hydrogen) atoms. The first-order valence-electron chi connectivity index (χ1n) is 11.8. The maximum atomic E-state index is 4.66. The third-order valence-corrected chi connectivity index (χ3v) is 6.46. The second kappa shape index (κ2) is 20.4. The van der Waals surface area contributed by atoms with Crippen LogP contribution in [0.15, 0.2) is 0 Å². The van der Waals surface area contributed by atoms with Crippen LogP contribution in [0, 0.1) is 0 Å². The van der Waals surface area contributed by atoms with Crippen LogP contribution < -0.4 is 11.5 Å². The Balaban J connectivity index is 0.000000427. The Labute approximate surface area is 233 Å². The van der Waals surface area contributed by atoms with Crippen molar-refractivity contribution in [3.63, 3.8) is 0 Å². The van der Waals surface area contributed by atoms with Crippen molar-refractivity contribution in [3.8, 4) is 0 Å². The van der Waals surface area contributed by atoms with E-state index in [0.717, 1.165) is 12.1 Å². The SMILES string of the molecule is C1CCC2CCCCN2CC1.C1CCC2CCCCN2CC1.NC(=S)[S-].NC(=S)[S-].[Pb+2]. The molecule has 4 N–H and O–H groups in total. The fourth-order valence-corrected chi connectivity index (χ4v) is 5.11. The van der Waals surface area contributed by atoms with E-state index < -0.39 is 0 Å². The molecule has 4 fully saturated rings. The Morgan fingerprint density at radius 3 is 1.06 bits per heavy atom. The molecule has 0 amide bonds. The molecule has 4 aliphatic heterocycles. The molecule has 0 aromatic carbocycles. The van der Waals surface area contributed by atoms with Crippen molar-refractivity contribution >= 4 is 85.6 Å². The summed E-state index contributed by atoms with van der Waals surface area (Å²) >= 11 is 16.5. The fraction of sp³-hybridized carbons (Fsp3) is 0.909. The number of fused-ring (bicyclic) bond motifs is 2. The number of thiocarbonyl (C=S) groups is 2. The number of nitrogens with two attached hydrogens (primary N) is 2. The van der Waals surface area contributed by atoms with Crippen LogP contribution in [-0.2, 0) is 25.3 Å². The van der Waals surface area contributed by atoms with E-state index in [1.165, 1.54) is 116 Å². The summed E-state index contributed by atoms with van der Waals surface area (Å²) < 4.78 is 0.167. The molecule has 0 aliphatic carbocycles. The third-order valence-electron chi connectivity index (χ3n) is 6.46. The molecule has 2 radical (unpaired) electrons. The minimum Gasteiger partial charge on any atom is -0.415 e. The van der Waals surface area contributed by atoms with Gasteiger partial charge in [-0.1, -0.05) is 47.2 Å². The van der Waals surface area contributed by atoms with E-state index in [-0.39, 0.29) is 35.9 Å². The molecule has 4 rings (SSSR count). The molecule has 0 aromatic heterocycles. The van der Waals surface area contributed by atoms with E-state index in [0.29, 0.717) is 0 Å². The van der Waals surface area contributed by atoms with Gasteiger partial charge in [0.2, 0.25) is 0 Å². The summed E-state index contributed by atoms with van der Waals surface area (Å²) in [5.41, 5.74) is 9.31. The fourth-order valence-electron chi connectivity index (χ4n) is 5.11. The largest absolute Gasteiger partial charge is 2.00 e. The van der Waals surface area contributed by atoms with E-state index >= 15 is 0 Å².